The van der Waals surface area contributed by atoms with E-state index in [2.05, 4.69) is 66.4 Å². The maximum absolute atomic E-state index is 4.19. The van der Waals surface area contributed by atoms with Gasteiger partial charge in [0.05, 0.1) is 5.69 Å². The predicted molar refractivity (Wildman–Crippen MR) is 80.4 cm³/mol. The van der Waals surface area contributed by atoms with Gasteiger partial charge in [-0.1, -0.05) is 67.4 Å². The number of hydrogen-bond donors (Lipinski definition) is 0. The van der Waals surface area contributed by atoms with Gasteiger partial charge in [-0.05, 0) is 5.56 Å². The van der Waals surface area contributed by atoms with Gasteiger partial charge in [-0.25, -0.2) is 0 Å². The van der Waals surface area contributed by atoms with Gasteiger partial charge >= 0.3 is 0 Å². The molecule has 2 aromatic rings. The lowest BCUT2D eigenvalue weighted by molar-refractivity contribution is 0.542. The molecule has 1 aromatic carbocycles. The maximum atomic E-state index is 4.19. The Morgan fingerprint density at radius 2 is 1.83 bits per heavy atom. The van der Waals surface area contributed by atoms with Crippen molar-refractivity contribution in [3.8, 4) is 0 Å². The SMILES string of the molecule is Cn1cc(CC(CBr)(CBr)c2ccccc2)nn1. The fourth-order valence-corrected chi connectivity index (χ4v) is 3.97. The lowest BCUT2D eigenvalue weighted by Crippen LogP contribution is -2.33. The molecule has 1 aromatic heterocycles. The molecule has 5 heteroatoms. The number of hydrogen-bond acceptors (Lipinski definition) is 2. The normalized spacial score (nSPS) is 11.7. The Kier molecular flexibility index (Phi) is 4.56. The fourth-order valence-electron chi connectivity index (χ4n) is 2.00. The van der Waals surface area contributed by atoms with E-state index in [0.29, 0.717) is 0 Å². The molecule has 0 saturated heterocycles. The number of rotatable bonds is 5. The number of halogens is 2. The summed E-state index contributed by atoms with van der Waals surface area (Å²) in [6.07, 6.45) is 2.84. The van der Waals surface area contributed by atoms with Crippen LogP contribution in [0.1, 0.15) is 11.3 Å². The molecule has 0 bridgehead atoms. The molecule has 0 aliphatic rings. The highest BCUT2D eigenvalue weighted by Crippen LogP contribution is 2.32. The van der Waals surface area contributed by atoms with Crippen LogP contribution in [-0.4, -0.2) is 25.7 Å². The number of aryl methyl sites for hydroxylation is 1. The molecule has 0 amide bonds. The fraction of sp³-hybridized carbons (Fsp3) is 0.385. The summed E-state index contributed by atoms with van der Waals surface area (Å²) >= 11 is 7.30. The van der Waals surface area contributed by atoms with Gasteiger partial charge in [-0.3, -0.25) is 4.68 Å². The molecule has 0 atom stereocenters. The second-order valence-electron chi connectivity index (χ2n) is 4.47. The predicted octanol–water partition coefficient (Wildman–Crippen LogP) is 3.09. The van der Waals surface area contributed by atoms with Gasteiger partial charge in [0, 0.05) is 35.7 Å². The summed E-state index contributed by atoms with van der Waals surface area (Å²) in [6, 6.07) is 10.5. The van der Waals surface area contributed by atoms with Crippen LogP contribution in [0.2, 0.25) is 0 Å². The van der Waals surface area contributed by atoms with E-state index < -0.39 is 0 Å². The number of nitrogens with zero attached hydrogens (tertiary/aromatic N) is 3. The molecule has 0 fully saturated rings. The van der Waals surface area contributed by atoms with Crippen LogP contribution in [0.3, 0.4) is 0 Å². The first-order valence-corrected chi connectivity index (χ1v) is 7.97. The van der Waals surface area contributed by atoms with Gasteiger partial charge in [0.25, 0.3) is 0 Å². The Hall–Kier alpha value is -0.680. The van der Waals surface area contributed by atoms with Crippen molar-refractivity contribution < 1.29 is 0 Å². The molecular formula is C13H15Br2N3. The van der Waals surface area contributed by atoms with Crippen molar-refractivity contribution in [2.75, 3.05) is 10.7 Å². The van der Waals surface area contributed by atoms with Crippen LogP contribution in [0.15, 0.2) is 36.5 Å². The van der Waals surface area contributed by atoms with Crippen molar-refractivity contribution in [1.29, 1.82) is 0 Å². The summed E-state index contributed by atoms with van der Waals surface area (Å²) < 4.78 is 1.74. The molecule has 0 spiro atoms. The molecule has 18 heavy (non-hydrogen) atoms. The first-order valence-electron chi connectivity index (χ1n) is 5.73. The highest BCUT2D eigenvalue weighted by Gasteiger charge is 2.31. The zero-order valence-corrected chi connectivity index (χ0v) is 13.4. The molecule has 2 rings (SSSR count). The van der Waals surface area contributed by atoms with Gasteiger partial charge in [0.15, 0.2) is 0 Å². The molecule has 0 unspecified atom stereocenters. The minimum atomic E-state index is 0.0112. The Morgan fingerprint density at radius 1 is 1.17 bits per heavy atom. The molecule has 1 heterocycles. The molecule has 96 valence electrons. The van der Waals surface area contributed by atoms with E-state index in [1.165, 1.54) is 5.56 Å². The molecule has 0 saturated carbocycles. The lowest BCUT2D eigenvalue weighted by Gasteiger charge is -2.29. The van der Waals surface area contributed by atoms with Crippen LogP contribution in [-0.2, 0) is 18.9 Å². The number of alkyl halides is 2. The number of benzene rings is 1. The summed E-state index contributed by atoms with van der Waals surface area (Å²) in [6.45, 7) is 0. The van der Waals surface area contributed by atoms with Crippen molar-refractivity contribution in [3.63, 3.8) is 0 Å². The summed E-state index contributed by atoms with van der Waals surface area (Å²) in [5.74, 6) is 0. The van der Waals surface area contributed by atoms with Crippen LogP contribution in [0.4, 0.5) is 0 Å². The maximum Gasteiger partial charge on any atom is 0.0836 e. The largest absolute Gasteiger partial charge is 0.255 e. The highest BCUT2D eigenvalue weighted by molar-refractivity contribution is 9.09. The van der Waals surface area contributed by atoms with Crippen LogP contribution in [0, 0.1) is 0 Å². The van der Waals surface area contributed by atoms with Crippen LogP contribution in [0.25, 0.3) is 0 Å². The van der Waals surface area contributed by atoms with Gasteiger partial charge in [-0.15, -0.1) is 5.10 Å². The first kappa shape index (κ1) is 13.7. The third kappa shape index (κ3) is 2.83. The topological polar surface area (TPSA) is 30.7 Å². The third-order valence-electron chi connectivity index (χ3n) is 3.07. The van der Waals surface area contributed by atoms with Gasteiger partial charge in [0.2, 0.25) is 0 Å². The van der Waals surface area contributed by atoms with Crippen molar-refractivity contribution in [3.05, 3.63) is 47.8 Å². The van der Waals surface area contributed by atoms with Crippen molar-refractivity contribution in [2.24, 2.45) is 7.05 Å². The van der Waals surface area contributed by atoms with Gasteiger partial charge in [0.1, 0.15) is 0 Å². The minimum Gasteiger partial charge on any atom is -0.255 e. The van der Waals surface area contributed by atoms with Crippen LogP contribution < -0.4 is 0 Å². The average Bonchev–Trinajstić information content (AvgIpc) is 2.82. The quantitative estimate of drug-likeness (QED) is 0.755. The third-order valence-corrected chi connectivity index (χ3v) is 5.21. The Bertz CT molecular complexity index is 492. The van der Waals surface area contributed by atoms with E-state index in [9.17, 15) is 0 Å². The monoisotopic (exact) mass is 371 g/mol. The molecule has 0 radical (unpaired) electrons. The highest BCUT2D eigenvalue weighted by atomic mass is 79.9. The van der Waals surface area contributed by atoms with Crippen molar-refractivity contribution in [1.82, 2.24) is 15.0 Å². The second-order valence-corrected chi connectivity index (χ2v) is 5.60. The molecule has 0 aliphatic heterocycles. The van der Waals surface area contributed by atoms with E-state index in [4.69, 9.17) is 0 Å². The number of aromatic nitrogens is 3. The Labute approximate surface area is 124 Å². The smallest absolute Gasteiger partial charge is 0.0836 e. The van der Waals surface area contributed by atoms with E-state index in [0.717, 1.165) is 22.8 Å². The van der Waals surface area contributed by atoms with E-state index in [1.54, 1.807) is 4.68 Å². The molecule has 3 nitrogen and oxygen atoms in total. The lowest BCUT2D eigenvalue weighted by atomic mass is 9.80. The van der Waals surface area contributed by atoms with Crippen LogP contribution >= 0.6 is 31.9 Å². The van der Waals surface area contributed by atoms with Crippen molar-refractivity contribution >= 4 is 31.9 Å². The van der Waals surface area contributed by atoms with Gasteiger partial charge < -0.3 is 0 Å². The van der Waals surface area contributed by atoms with Gasteiger partial charge in [-0.2, -0.15) is 0 Å². The Morgan fingerprint density at radius 3 is 2.33 bits per heavy atom. The second kappa shape index (κ2) is 5.97. The first-order chi connectivity index (χ1) is 8.70. The zero-order chi connectivity index (χ0) is 13.0. The van der Waals surface area contributed by atoms with E-state index >= 15 is 0 Å². The standard InChI is InChI=1S/C13H15Br2N3/c1-18-8-12(16-17-18)7-13(9-14,10-15)11-5-3-2-4-6-11/h2-6,8H,7,9-10H2,1H3. The summed E-state index contributed by atoms with van der Waals surface area (Å²) in [5, 5.41) is 9.95. The van der Waals surface area contributed by atoms with Crippen LogP contribution in [0.5, 0.6) is 0 Å². The summed E-state index contributed by atoms with van der Waals surface area (Å²) in [4.78, 5) is 0. The van der Waals surface area contributed by atoms with E-state index in [-0.39, 0.29) is 5.41 Å². The molecular weight excluding hydrogens is 358 g/mol. The minimum absolute atomic E-state index is 0.0112. The van der Waals surface area contributed by atoms with Crippen molar-refractivity contribution in [2.45, 2.75) is 11.8 Å². The average molecular weight is 373 g/mol. The summed E-state index contributed by atoms with van der Waals surface area (Å²) in [7, 11) is 1.89. The zero-order valence-electron chi connectivity index (χ0n) is 10.2. The Balaban J connectivity index is 2.32. The molecule has 0 N–H and O–H groups in total. The van der Waals surface area contributed by atoms with E-state index in [1.807, 2.05) is 19.3 Å². The molecule has 0 aliphatic carbocycles. The summed E-state index contributed by atoms with van der Waals surface area (Å²) in [5.41, 5.74) is 2.33.